The highest BCUT2D eigenvalue weighted by Gasteiger charge is 2.05. The van der Waals surface area contributed by atoms with E-state index in [2.05, 4.69) is 17.3 Å². The summed E-state index contributed by atoms with van der Waals surface area (Å²) < 4.78 is 0. The molecule has 0 saturated heterocycles. The molecule has 0 bridgehead atoms. The minimum Gasteiger partial charge on any atom is -0.364 e. The Hall–Kier alpha value is -0.250. The summed E-state index contributed by atoms with van der Waals surface area (Å²) in [6.07, 6.45) is 0. The van der Waals surface area contributed by atoms with Crippen LogP contribution < -0.4 is 10.2 Å². The molecule has 0 aliphatic rings. The van der Waals surface area contributed by atoms with Gasteiger partial charge in [0, 0.05) is 20.1 Å². The summed E-state index contributed by atoms with van der Waals surface area (Å²) in [6, 6.07) is 1.93. The van der Waals surface area contributed by atoms with E-state index in [0.29, 0.717) is 0 Å². The van der Waals surface area contributed by atoms with E-state index in [-0.39, 0.29) is 0 Å². The molecule has 0 aliphatic carbocycles. The van der Waals surface area contributed by atoms with Crippen molar-refractivity contribution in [2.75, 3.05) is 32.1 Å². The van der Waals surface area contributed by atoms with E-state index in [1.54, 1.807) is 11.3 Å². The lowest BCUT2D eigenvalue weighted by atomic mass is 10.5. The van der Waals surface area contributed by atoms with E-state index in [4.69, 9.17) is 11.6 Å². The van der Waals surface area contributed by atoms with Gasteiger partial charge >= 0.3 is 0 Å². The van der Waals surface area contributed by atoms with E-state index in [1.807, 2.05) is 18.5 Å². The number of likely N-dealkylation sites (N-methyl/N-ethyl adjacent to an activating group) is 2. The Kier molecular flexibility index (Phi) is 3.85. The Labute approximate surface area is 82.1 Å². The normalized spacial score (nSPS) is 10.2. The Morgan fingerprint density at radius 2 is 2.42 bits per heavy atom. The van der Waals surface area contributed by atoms with Crippen molar-refractivity contribution < 1.29 is 0 Å². The van der Waals surface area contributed by atoms with E-state index in [0.717, 1.165) is 23.1 Å². The molecule has 1 rings (SSSR count). The lowest BCUT2D eigenvalue weighted by Gasteiger charge is -2.16. The molecule has 0 saturated carbocycles. The van der Waals surface area contributed by atoms with Crippen molar-refractivity contribution in [2.24, 2.45) is 0 Å². The number of halogens is 1. The molecular weight excluding hydrogens is 192 g/mol. The molecule has 0 fully saturated rings. The Bertz CT molecular complexity index is 237. The zero-order valence-electron chi connectivity index (χ0n) is 7.30. The topological polar surface area (TPSA) is 15.3 Å². The number of anilines is 1. The number of hydrogen-bond donors (Lipinski definition) is 1. The summed E-state index contributed by atoms with van der Waals surface area (Å²) in [6.45, 7) is 1.96. The van der Waals surface area contributed by atoms with Crippen LogP contribution in [-0.2, 0) is 0 Å². The number of nitrogens with one attached hydrogen (secondary N) is 1. The Balaban J connectivity index is 2.52. The van der Waals surface area contributed by atoms with Gasteiger partial charge in [0.25, 0.3) is 0 Å². The highest BCUT2D eigenvalue weighted by atomic mass is 35.5. The van der Waals surface area contributed by atoms with Crippen molar-refractivity contribution in [2.45, 2.75) is 0 Å². The molecule has 0 aliphatic heterocycles. The Morgan fingerprint density at radius 3 is 2.92 bits per heavy atom. The van der Waals surface area contributed by atoms with Crippen LogP contribution in [0.15, 0.2) is 11.4 Å². The molecule has 0 spiro atoms. The molecule has 2 nitrogen and oxygen atoms in total. The second kappa shape index (κ2) is 4.70. The molecule has 12 heavy (non-hydrogen) atoms. The summed E-state index contributed by atoms with van der Waals surface area (Å²) in [7, 11) is 4.00. The van der Waals surface area contributed by atoms with Gasteiger partial charge in [-0.3, -0.25) is 0 Å². The fourth-order valence-corrected chi connectivity index (χ4v) is 2.14. The average molecular weight is 205 g/mol. The highest BCUT2D eigenvalue weighted by molar-refractivity contribution is 7.15. The van der Waals surface area contributed by atoms with Crippen LogP contribution in [0, 0.1) is 0 Å². The monoisotopic (exact) mass is 204 g/mol. The summed E-state index contributed by atoms with van der Waals surface area (Å²) in [4.78, 5) is 2.16. The first-order valence-electron chi connectivity index (χ1n) is 3.84. The molecule has 0 unspecified atom stereocenters. The molecular formula is C8H13ClN2S. The van der Waals surface area contributed by atoms with Crippen molar-refractivity contribution in [1.82, 2.24) is 5.32 Å². The lowest BCUT2D eigenvalue weighted by molar-refractivity contribution is 0.771. The Morgan fingerprint density at radius 1 is 1.67 bits per heavy atom. The fraction of sp³-hybridized carbons (Fsp3) is 0.500. The highest BCUT2D eigenvalue weighted by Crippen LogP contribution is 2.30. The van der Waals surface area contributed by atoms with E-state index >= 15 is 0 Å². The second-order valence-corrected chi connectivity index (χ2v) is 3.90. The third kappa shape index (κ3) is 2.37. The van der Waals surface area contributed by atoms with Gasteiger partial charge in [0.15, 0.2) is 0 Å². The van der Waals surface area contributed by atoms with Crippen LogP contribution in [-0.4, -0.2) is 27.2 Å². The molecule has 0 atom stereocenters. The number of nitrogens with zero attached hydrogens (tertiary/aromatic N) is 1. The van der Waals surface area contributed by atoms with Crippen molar-refractivity contribution in [1.29, 1.82) is 0 Å². The van der Waals surface area contributed by atoms with Crippen molar-refractivity contribution in [3.63, 3.8) is 0 Å². The van der Waals surface area contributed by atoms with Crippen LogP contribution in [0.3, 0.4) is 0 Å². The zero-order valence-corrected chi connectivity index (χ0v) is 8.87. The second-order valence-electron chi connectivity index (χ2n) is 2.60. The number of rotatable bonds is 4. The lowest BCUT2D eigenvalue weighted by Crippen LogP contribution is -2.26. The third-order valence-corrected chi connectivity index (χ3v) is 3.09. The molecule has 4 heteroatoms. The maximum absolute atomic E-state index is 5.96. The fourth-order valence-electron chi connectivity index (χ4n) is 0.939. The maximum Gasteiger partial charge on any atom is 0.110 e. The quantitative estimate of drug-likeness (QED) is 0.808. The maximum atomic E-state index is 5.96. The van der Waals surface area contributed by atoms with Crippen LogP contribution in [0.4, 0.5) is 5.00 Å². The van der Waals surface area contributed by atoms with Crippen LogP contribution in [0.25, 0.3) is 0 Å². The summed E-state index contributed by atoms with van der Waals surface area (Å²) >= 11 is 7.64. The van der Waals surface area contributed by atoms with Gasteiger partial charge in [0.05, 0.1) is 5.02 Å². The van der Waals surface area contributed by atoms with Crippen LogP contribution in [0.5, 0.6) is 0 Å². The van der Waals surface area contributed by atoms with Crippen LogP contribution in [0.2, 0.25) is 5.02 Å². The summed E-state index contributed by atoms with van der Waals surface area (Å²) in [5.41, 5.74) is 0. The van der Waals surface area contributed by atoms with Gasteiger partial charge < -0.3 is 10.2 Å². The smallest absolute Gasteiger partial charge is 0.110 e. The molecule has 1 aromatic rings. The first kappa shape index (κ1) is 9.84. The molecule has 0 radical (unpaired) electrons. The first-order chi connectivity index (χ1) is 5.75. The van der Waals surface area contributed by atoms with Gasteiger partial charge in [-0.15, -0.1) is 11.3 Å². The molecule has 1 aromatic heterocycles. The van der Waals surface area contributed by atoms with Gasteiger partial charge in [-0.05, 0) is 18.5 Å². The SMILES string of the molecule is CNCCN(C)c1sccc1Cl. The predicted molar refractivity (Wildman–Crippen MR) is 56.5 cm³/mol. The van der Waals surface area contributed by atoms with Gasteiger partial charge in [-0.2, -0.15) is 0 Å². The van der Waals surface area contributed by atoms with E-state index in [1.165, 1.54) is 0 Å². The molecule has 1 N–H and O–H groups in total. The minimum absolute atomic E-state index is 0.846. The number of hydrogen-bond acceptors (Lipinski definition) is 3. The molecule has 0 aromatic carbocycles. The zero-order chi connectivity index (χ0) is 8.97. The van der Waals surface area contributed by atoms with Crippen molar-refractivity contribution in [3.05, 3.63) is 16.5 Å². The van der Waals surface area contributed by atoms with Gasteiger partial charge in [-0.25, -0.2) is 0 Å². The van der Waals surface area contributed by atoms with Crippen LogP contribution >= 0.6 is 22.9 Å². The first-order valence-corrected chi connectivity index (χ1v) is 5.10. The van der Waals surface area contributed by atoms with Gasteiger partial charge in [0.2, 0.25) is 0 Å². The van der Waals surface area contributed by atoms with Crippen molar-refractivity contribution >= 4 is 27.9 Å². The largest absolute Gasteiger partial charge is 0.364 e. The third-order valence-electron chi connectivity index (χ3n) is 1.64. The molecule has 1 heterocycles. The van der Waals surface area contributed by atoms with Gasteiger partial charge in [0.1, 0.15) is 5.00 Å². The summed E-state index contributed by atoms with van der Waals surface area (Å²) in [5, 5.41) is 7.10. The molecule has 0 amide bonds. The van der Waals surface area contributed by atoms with Gasteiger partial charge in [-0.1, -0.05) is 11.6 Å². The number of thiophene rings is 1. The average Bonchev–Trinajstić information content (AvgIpc) is 2.47. The summed E-state index contributed by atoms with van der Waals surface area (Å²) in [5.74, 6) is 0. The predicted octanol–water partition coefficient (Wildman–Crippen LogP) is 2.06. The standard InChI is InChI=1S/C8H13ClN2S/c1-10-4-5-11(2)8-7(9)3-6-12-8/h3,6,10H,4-5H2,1-2H3. The van der Waals surface area contributed by atoms with Crippen LogP contribution in [0.1, 0.15) is 0 Å². The van der Waals surface area contributed by atoms with E-state index in [9.17, 15) is 0 Å². The minimum atomic E-state index is 0.846. The van der Waals surface area contributed by atoms with Crippen molar-refractivity contribution in [3.8, 4) is 0 Å². The van der Waals surface area contributed by atoms with E-state index < -0.39 is 0 Å². The molecule has 68 valence electrons.